The van der Waals surface area contributed by atoms with Crippen LogP contribution < -0.4 is 21.0 Å². The first kappa shape index (κ1) is 19.9. The third kappa shape index (κ3) is 2.34. The van der Waals surface area contributed by atoms with E-state index in [1.54, 1.807) is 50.4 Å². The minimum absolute atomic E-state index is 0.0512. The van der Waals surface area contributed by atoms with Gasteiger partial charge < -0.3 is 24.5 Å². The lowest BCUT2D eigenvalue weighted by molar-refractivity contribution is -0.140. The maximum absolute atomic E-state index is 14.0. The summed E-state index contributed by atoms with van der Waals surface area (Å²) in [5.41, 5.74) is 5.44. The SMILES string of the molecule is CCOC(=O)C1=C(N)Oc2c(c(=O)oc3ccccc23)[C@]12C(=O)N(C)c1ccc(C)cc12. The Kier molecular flexibility index (Phi) is 4.17. The zero-order valence-corrected chi connectivity index (χ0v) is 17.7. The second-order valence-electron chi connectivity index (χ2n) is 7.79. The summed E-state index contributed by atoms with van der Waals surface area (Å²) in [6, 6.07) is 12.2. The van der Waals surface area contributed by atoms with Gasteiger partial charge in [0.1, 0.15) is 22.1 Å². The number of hydrogen-bond donors (Lipinski definition) is 1. The smallest absolute Gasteiger partial charge is 0.345 e. The molecule has 0 aliphatic carbocycles. The fourth-order valence-corrected chi connectivity index (χ4v) is 4.68. The predicted octanol–water partition coefficient (Wildman–Crippen LogP) is 2.49. The number of carbonyl (C=O) groups is 2. The second-order valence-corrected chi connectivity index (χ2v) is 7.79. The van der Waals surface area contributed by atoms with Crippen LogP contribution in [0.1, 0.15) is 23.6 Å². The Hall–Kier alpha value is -4.07. The number of ether oxygens (including phenoxy) is 2. The van der Waals surface area contributed by atoms with Gasteiger partial charge in [-0.05, 0) is 32.0 Å². The van der Waals surface area contributed by atoms with Crippen molar-refractivity contribution in [3.8, 4) is 5.75 Å². The van der Waals surface area contributed by atoms with Gasteiger partial charge in [0.05, 0.1) is 12.0 Å². The number of esters is 1. The van der Waals surface area contributed by atoms with Gasteiger partial charge in [0.15, 0.2) is 5.75 Å². The molecular formula is C24H20N2O6. The molecule has 0 saturated heterocycles. The first-order valence-corrected chi connectivity index (χ1v) is 10.1. The molecule has 5 rings (SSSR count). The van der Waals surface area contributed by atoms with E-state index in [-0.39, 0.29) is 35.0 Å². The number of amides is 1. The Bertz CT molecular complexity index is 1420. The highest BCUT2D eigenvalue weighted by Gasteiger charge is 2.62. The quantitative estimate of drug-likeness (QED) is 0.489. The highest BCUT2D eigenvalue weighted by atomic mass is 16.5. The fourth-order valence-electron chi connectivity index (χ4n) is 4.68. The normalized spacial score (nSPS) is 19.2. The van der Waals surface area contributed by atoms with Crippen LogP contribution in [0.5, 0.6) is 5.75 Å². The molecule has 2 aromatic carbocycles. The number of likely N-dealkylation sites (N-methyl/N-ethyl adjacent to an activating group) is 1. The lowest BCUT2D eigenvalue weighted by Crippen LogP contribution is -2.50. The lowest BCUT2D eigenvalue weighted by atomic mass is 9.68. The summed E-state index contributed by atoms with van der Waals surface area (Å²) in [7, 11) is 1.59. The molecule has 0 bridgehead atoms. The van der Waals surface area contributed by atoms with Gasteiger partial charge in [0, 0.05) is 18.3 Å². The minimum Gasteiger partial charge on any atom is -0.462 e. The van der Waals surface area contributed by atoms with E-state index in [1.807, 2.05) is 13.0 Å². The van der Waals surface area contributed by atoms with Crippen LogP contribution in [-0.4, -0.2) is 25.5 Å². The average Bonchev–Trinajstić information content (AvgIpc) is 2.96. The van der Waals surface area contributed by atoms with Gasteiger partial charge in [-0.3, -0.25) is 4.79 Å². The number of nitrogens with zero attached hydrogens (tertiary/aromatic N) is 1. The molecule has 0 radical (unpaired) electrons. The standard InChI is InChI=1S/C24H20N2O6/c1-4-30-21(27)18-20(25)32-19-13-7-5-6-8-16(13)31-22(28)17(19)24(18)14-11-12(2)9-10-15(14)26(3)23(24)29/h5-11H,4,25H2,1-3H3/t24-/m0/s1. The van der Waals surface area contributed by atoms with Crippen molar-refractivity contribution in [3.63, 3.8) is 0 Å². The lowest BCUT2D eigenvalue weighted by Gasteiger charge is -2.35. The zero-order valence-electron chi connectivity index (χ0n) is 17.7. The maximum atomic E-state index is 14.0. The molecule has 3 aromatic rings. The van der Waals surface area contributed by atoms with E-state index < -0.39 is 22.9 Å². The number of anilines is 1. The summed E-state index contributed by atoms with van der Waals surface area (Å²) in [6.45, 7) is 3.55. The number of fused-ring (bicyclic) bond motifs is 6. The molecular weight excluding hydrogens is 412 g/mol. The van der Waals surface area contributed by atoms with Crippen LogP contribution in [0.4, 0.5) is 5.69 Å². The molecule has 2 aliphatic heterocycles. The van der Waals surface area contributed by atoms with Gasteiger partial charge in [-0.25, -0.2) is 9.59 Å². The summed E-state index contributed by atoms with van der Waals surface area (Å²) < 4.78 is 16.7. The Labute approximate surface area is 182 Å². The Morgan fingerprint density at radius 3 is 2.69 bits per heavy atom. The van der Waals surface area contributed by atoms with Crippen molar-refractivity contribution in [3.05, 3.63) is 81.0 Å². The molecule has 162 valence electrons. The van der Waals surface area contributed by atoms with Crippen LogP contribution in [0.15, 0.2) is 63.1 Å². The topological polar surface area (TPSA) is 112 Å². The van der Waals surface area contributed by atoms with Crippen molar-refractivity contribution in [1.82, 2.24) is 0 Å². The molecule has 1 atom stereocenters. The van der Waals surface area contributed by atoms with Crippen molar-refractivity contribution in [1.29, 1.82) is 0 Å². The molecule has 1 aromatic heterocycles. The van der Waals surface area contributed by atoms with Crippen molar-refractivity contribution >= 4 is 28.5 Å². The van der Waals surface area contributed by atoms with Gasteiger partial charge in [-0.1, -0.05) is 29.8 Å². The number of rotatable bonds is 2. The molecule has 1 spiro atoms. The van der Waals surface area contributed by atoms with Gasteiger partial charge in [-0.15, -0.1) is 0 Å². The zero-order chi connectivity index (χ0) is 22.8. The van der Waals surface area contributed by atoms with E-state index in [0.29, 0.717) is 16.6 Å². The van der Waals surface area contributed by atoms with E-state index in [9.17, 15) is 14.4 Å². The number of nitrogens with two attached hydrogens (primary N) is 1. The highest BCUT2D eigenvalue weighted by Crippen LogP contribution is 2.55. The molecule has 32 heavy (non-hydrogen) atoms. The molecule has 0 fully saturated rings. The summed E-state index contributed by atoms with van der Waals surface area (Å²) in [6.07, 6.45) is 0. The van der Waals surface area contributed by atoms with E-state index in [0.717, 1.165) is 5.56 Å². The number of carbonyl (C=O) groups excluding carboxylic acids is 2. The van der Waals surface area contributed by atoms with Crippen molar-refractivity contribution in [2.45, 2.75) is 19.3 Å². The summed E-state index contributed by atoms with van der Waals surface area (Å²) in [5.74, 6) is -1.54. The van der Waals surface area contributed by atoms with Gasteiger partial charge >= 0.3 is 11.6 Å². The van der Waals surface area contributed by atoms with Crippen LogP contribution >= 0.6 is 0 Å². The van der Waals surface area contributed by atoms with Crippen LogP contribution in [0.25, 0.3) is 11.0 Å². The molecule has 0 saturated carbocycles. The third-order valence-electron chi connectivity index (χ3n) is 6.00. The van der Waals surface area contributed by atoms with Crippen LogP contribution in [0.2, 0.25) is 0 Å². The monoisotopic (exact) mass is 432 g/mol. The van der Waals surface area contributed by atoms with Gasteiger partial charge in [-0.2, -0.15) is 0 Å². The number of aryl methyl sites for hydroxylation is 1. The fraction of sp³-hybridized carbons (Fsp3) is 0.208. The van der Waals surface area contributed by atoms with E-state index in [1.165, 1.54) is 4.90 Å². The largest absolute Gasteiger partial charge is 0.462 e. The summed E-state index contributed by atoms with van der Waals surface area (Å²) >= 11 is 0. The van der Waals surface area contributed by atoms with Crippen LogP contribution in [0.3, 0.4) is 0 Å². The molecule has 3 heterocycles. The Morgan fingerprint density at radius 1 is 1.19 bits per heavy atom. The molecule has 8 heteroatoms. The van der Waals surface area contributed by atoms with Gasteiger partial charge in [0.2, 0.25) is 11.8 Å². The summed E-state index contributed by atoms with van der Waals surface area (Å²) in [5, 5.41) is 0.462. The Balaban J connectivity index is 2.00. The molecule has 1 amide bonds. The van der Waals surface area contributed by atoms with Crippen molar-refractivity contribution < 1.29 is 23.5 Å². The number of para-hydroxylation sites is 1. The van der Waals surface area contributed by atoms with Crippen LogP contribution in [-0.2, 0) is 19.7 Å². The second kappa shape index (κ2) is 6.71. The van der Waals surface area contributed by atoms with E-state index in [4.69, 9.17) is 19.6 Å². The van der Waals surface area contributed by atoms with Crippen molar-refractivity contribution in [2.24, 2.45) is 5.73 Å². The molecule has 0 unspecified atom stereocenters. The van der Waals surface area contributed by atoms with E-state index in [2.05, 4.69) is 0 Å². The molecule has 2 aliphatic rings. The first-order chi connectivity index (χ1) is 15.3. The highest BCUT2D eigenvalue weighted by molar-refractivity contribution is 6.18. The maximum Gasteiger partial charge on any atom is 0.345 e. The molecule has 8 nitrogen and oxygen atoms in total. The van der Waals surface area contributed by atoms with E-state index >= 15 is 0 Å². The van der Waals surface area contributed by atoms with Crippen molar-refractivity contribution in [2.75, 3.05) is 18.6 Å². The minimum atomic E-state index is -1.86. The number of benzene rings is 2. The third-order valence-corrected chi connectivity index (χ3v) is 6.00. The van der Waals surface area contributed by atoms with Crippen LogP contribution in [0, 0.1) is 6.92 Å². The number of hydrogen-bond acceptors (Lipinski definition) is 7. The summed E-state index contributed by atoms with van der Waals surface area (Å²) in [4.78, 5) is 41.9. The average molecular weight is 432 g/mol. The molecule has 2 N–H and O–H groups in total. The van der Waals surface area contributed by atoms with Gasteiger partial charge in [0.25, 0.3) is 0 Å². The predicted molar refractivity (Wildman–Crippen MR) is 116 cm³/mol. The Morgan fingerprint density at radius 2 is 1.94 bits per heavy atom. The first-order valence-electron chi connectivity index (χ1n) is 10.1.